The summed E-state index contributed by atoms with van der Waals surface area (Å²) in [5.41, 5.74) is 8.77. The molecule has 1 unspecified atom stereocenters. The van der Waals surface area contributed by atoms with E-state index in [1.54, 1.807) is 0 Å². The van der Waals surface area contributed by atoms with E-state index in [0.29, 0.717) is 6.54 Å². The number of fused-ring (bicyclic) bond motifs is 1. The van der Waals surface area contributed by atoms with Crippen LogP contribution in [0.25, 0.3) is 0 Å². The molecule has 2 N–H and O–H groups in total. The van der Waals surface area contributed by atoms with Crippen molar-refractivity contribution in [2.45, 2.75) is 39.3 Å². The predicted octanol–water partition coefficient (Wildman–Crippen LogP) is 1.50. The van der Waals surface area contributed by atoms with Gasteiger partial charge in [-0.2, -0.15) is 0 Å². The fourth-order valence-electron chi connectivity index (χ4n) is 2.77. The Labute approximate surface area is 109 Å². The zero-order valence-corrected chi connectivity index (χ0v) is 12.1. The Morgan fingerprint density at radius 3 is 2.78 bits per heavy atom. The molecular weight excluding hydrogens is 248 g/mol. The van der Waals surface area contributed by atoms with Gasteiger partial charge in [0.1, 0.15) is 9.84 Å². The van der Waals surface area contributed by atoms with Gasteiger partial charge in [0, 0.05) is 30.7 Å². The first-order valence-corrected chi connectivity index (χ1v) is 8.35. The SMILES string of the molecule is CC1(C)Cc2c(ccn2CCS(C)(=O)=O)C(N)C1. The number of aromatic nitrogens is 1. The van der Waals surface area contributed by atoms with E-state index in [-0.39, 0.29) is 17.2 Å². The Morgan fingerprint density at radius 1 is 1.50 bits per heavy atom. The summed E-state index contributed by atoms with van der Waals surface area (Å²) in [6.45, 7) is 4.95. The summed E-state index contributed by atoms with van der Waals surface area (Å²) in [6, 6.07) is 2.11. The fourth-order valence-corrected chi connectivity index (χ4v) is 3.30. The summed E-state index contributed by atoms with van der Waals surface area (Å²) >= 11 is 0. The minimum absolute atomic E-state index is 0.0724. The van der Waals surface area contributed by atoms with Gasteiger partial charge in [-0.05, 0) is 29.9 Å². The second kappa shape index (κ2) is 4.38. The van der Waals surface area contributed by atoms with Crippen LogP contribution in [0.1, 0.15) is 37.6 Å². The third-order valence-corrected chi connectivity index (χ3v) is 4.56. The van der Waals surface area contributed by atoms with Crippen LogP contribution in [0.3, 0.4) is 0 Å². The first-order chi connectivity index (χ1) is 8.18. The summed E-state index contributed by atoms with van der Waals surface area (Å²) in [4.78, 5) is 0. The van der Waals surface area contributed by atoms with Crippen molar-refractivity contribution in [2.24, 2.45) is 11.1 Å². The highest BCUT2D eigenvalue weighted by Crippen LogP contribution is 2.39. The number of hydrogen-bond acceptors (Lipinski definition) is 3. The molecule has 102 valence electrons. The summed E-state index contributed by atoms with van der Waals surface area (Å²) in [7, 11) is -2.92. The molecule has 1 heterocycles. The third-order valence-electron chi connectivity index (χ3n) is 3.63. The van der Waals surface area contributed by atoms with E-state index in [2.05, 4.69) is 18.4 Å². The second-order valence-electron chi connectivity index (χ2n) is 6.19. The predicted molar refractivity (Wildman–Crippen MR) is 73.2 cm³/mol. The van der Waals surface area contributed by atoms with Gasteiger partial charge in [-0.3, -0.25) is 0 Å². The monoisotopic (exact) mass is 270 g/mol. The lowest BCUT2D eigenvalue weighted by molar-refractivity contribution is 0.275. The molecule has 1 aromatic heterocycles. The minimum Gasteiger partial charge on any atom is -0.350 e. The van der Waals surface area contributed by atoms with E-state index in [4.69, 9.17) is 5.73 Å². The van der Waals surface area contributed by atoms with Gasteiger partial charge < -0.3 is 10.3 Å². The lowest BCUT2D eigenvalue weighted by atomic mass is 9.74. The summed E-state index contributed by atoms with van der Waals surface area (Å²) in [5.74, 6) is 0.184. The molecule has 5 heteroatoms. The Morgan fingerprint density at radius 2 is 2.17 bits per heavy atom. The van der Waals surface area contributed by atoms with Gasteiger partial charge in [-0.25, -0.2) is 8.42 Å². The van der Waals surface area contributed by atoms with Crippen molar-refractivity contribution >= 4 is 9.84 Å². The molecule has 1 aromatic rings. The first-order valence-electron chi connectivity index (χ1n) is 6.29. The van der Waals surface area contributed by atoms with Crippen molar-refractivity contribution in [3.05, 3.63) is 23.5 Å². The summed E-state index contributed by atoms with van der Waals surface area (Å²) in [6.07, 6.45) is 5.19. The highest BCUT2D eigenvalue weighted by Gasteiger charge is 2.32. The largest absolute Gasteiger partial charge is 0.350 e. The molecule has 0 radical (unpaired) electrons. The van der Waals surface area contributed by atoms with E-state index in [9.17, 15) is 8.42 Å². The van der Waals surface area contributed by atoms with E-state index in [1.807, 2.05) is 12.3 Å². The van der Waals surface area contributed by atoms with Crippen LogP contribution >= 0.6 is 0 Å². The van der Waals surface area contributed by atoms with E-state index >= 15 is 0 Å². The average molecular weight is 270 g/mol. The van der Waals surface area contributed by atoms with E-state index < -0.39 is 9.84 Å². The molecule has 0 amide bonds. The maximum Gasteiger partial charge on any atom is 0.149 e. The minimum atomic E-state index is -2.92. The maximum atomic E-state index is 11.2. The number of aryl methyl sites for hydroxylation is 1. The Balaban J connectivity index is 2.26. The van der Waals surface area contributed by atoms with Crippen molar-refractivity contribution in [2.75, 3.05) is 12.0 Å². The second-order valence-corrected chi connectivity index (χ2v) is 8.45. The molecule has 0 aromatic carbocycles. The number of hydrogen-bond donors (Lipinski definition) is 1. The molecule has 1 atom stereocenters. The van der Waals surface area contributed by atoms with E-state index in [0.717, 1.165) is 12.8 Å². The van der Waals surface area contributed by atoms with Crippen molar-refractivity contribution in [3.63, 3.8) is 0 Å². The smallest absolute Gasteiger partial charge is 0.149 e. The number of nitrogens with two attached hydrogens (primary N) is 1. The normalized spacial score (nSPS) is 22.8. The molecule has 4 nitrogen and oxygen atoms in total. The highest BCUT2D eigenvalue weighted by atomic mass is 32.2. The fraction of sp³-hybridized carbons (Fsp3) is 0.692. The van der Waals surface area contributed by atoms with Gasteiger partial charge in [0.15, 0.2) is 0 Å². The molecule has 18 heavy (non-hydrogen) atoms. The Kier molecular flexibility index (Phi) is 3.32. The molecule has 1 aliphatic rings. The number of rotatable bonds is 3. The molecular formula is C13H22N2O2S. The molecule has 0 saturated heterocycles. The van der Waals surface area contributed by atoms with Crippen LogP contribution in [0.15, 0.2) is 12.3 Å². The summed E-state index contributed by atoms with van der Waals surface area (Å²) in [5, 5.41) is 0. The van der Waals surface area contributed by atoms with Gasteiger partial charge >= 0.3 is 0 Å². The first kappa shape index (κ1) is 13.6. The topological polar surface area (TPSA) is 65.1 Å². The van der Waals surface area contributed by atoms with Crippen LogP contribution in [0.2, 0.25) is 0 Å². The molecule has 0 saturated carbocycles. The number of nitrogens with zero attached hydrogens (tertiary/aromatic N) is 1. The molecule has 0 bridgehead atoms. The van der Waals surface area contributed by atoms with Crippen LogP contribution in [0.5, 0.6) is 0 Å². The van der Waals surface area contributed by atoms with Gasteiger partial charge in [0.25, 0.3) is 0 Å². The van der Waals surface area contributed by atoms with Crippen LogP contribution in [-0.4, -0.2) is 25.0 Å². The standard InChI is InChI=1S/C13H22N2O2S/c1-13(2)8-11(14)10-4-5-15(12(10)9-13)6-7-18(3,16)17/h4-5,11H,6-9,14H2,1-3H3. The van der Waals surface area contributed by atoms with Crippen LogP contribution in [-0.2, 0) is 22.8 Å². The third kappa shape index (κ3) is 2.95. The number of sulfone groups is 1. The highest BCUT2D eigenvalue weighted by molar-refractivity contribution is 7.90. The van der Waals surface area contributed by atoms with Crippen molar-refractivity contribution in [1.29, 1.82) is 0 Å². The van der Waals surface area contributed by atoms with Crippen molar-refractivity contribution < 1.29 is 8.42 Å². The Hall–Kier alpha value is -0.810. The van der Waals surface area contributed by atoms with Crippen LogP contribution in [0.4, 0.5) is 0 Å². The molecule has 0 fully saturated rings. The lowest BCUT2D eigenvalue weighted by Crippen LogP contribution is -2.30. The molecule has 0 aliphatic heterocycles. The maximum absolute atomic E-state index is 11.2. The van der Waals surface area contributed by atoms with E-state index in [1.165, 1.54) is 17.5 Å². The van der Waals surface area contributed by atoms with Gasteiger partial charge in [-0.1, -0.05) is 13.8 Å². The van der Waals surface area contributed by atoms with Gasteiger partial charge in [0.05, 0.1) is 5.75 Å². The molecule has 2 rings (SSSR count). The molecule has 0 spiro atoms. The van der Waals surface area contributed by atoms with Crippen molar-refractivity contribution in [1.82, 2.24) is 4.57 Å². The van der Waals surface area contributed by atoms with Crippen LogP contribution in [0, 0.1) is 5.41 Å². The lowest BCUT2D eigenvalue weighted by Gasteiger charge is -2.34. The molecule has 1 aliphatic carbocycles. The quantitative estimate of drug-likeness (QED) is 0.905. The van der Waals surface area contributed by atoms with Crippen molar-refractivity contribution in [3.8, 4) is 0 Å². The zero-order chi connectivity index (χ0) is 13.6. The van der Waals surface area contributed by atoms with Crippen LogP contribution < -0.4 is 5.73 Å². The Bertz CT molecular complexity index is 543. The van der Waals surface area contributed by atoms with Gasteiger partial charge in [-0.15, -0.1) is 0 Å². The average Bonchev–Trinajstić information content (AvgIpc) is 2.55. The summed E-state index contributed by atoms with van der Waals surface area (Å²) < 4.78 is 24.5. The van der Waals surface area contributed by atoms with Gasteiger partial charge in [0.2, 0.25) is 0 Å². The zero-order valence-electron chi connectivity index (χ0n) is 11.3.